The molecule has 0 radical (unpaired) electrons. The van der Waals surface area contributed by atoms with E-state index < -0.39 is 0 Å². The van der Waals surface area contributed by atoms with Gasteiger partial charge in [-0.25, -0.2) is 0 Å². The highest BCUT2D eigenvalue weighted by Gasteiger charge is 2.38. The minimum Gasteiger partial charge on any atom is -0.370 e. The molecule has 0 amide bonds. The molecule has 0 saturated heterocycles. The van der Waals surface area contributed by atoms with Gasteiger partial charge in [0.25, 0.3) is 0 Å². The molecule has 0 aliphatic heterocycles. The van der Waals surface area contributed by atoms with E-state index in [-0.39, 0.29) is 5.60 Å². The molecule has 0 bridgehead atoms. The molecule has 0 spiro atoms. The molecule has 3 rings (SSSR count). The van der Waals surface area contributed by atoms with Crippen molar-refractivity contribution in [3.05, 3.63) is 0 Å². The molecule has 1 N–H and O–H groups in total. The van der Waals surface area contributed by atoms with Crippen LogP contribution in [0.5, 0.6) is 0 Å². The highest BCUT2D eigenvalue weighted by molar-refractivity contribution is 4.93. The largest absolute Gasteiger partial charge is 0.370 e. The van der Waals surface area contributed by atoms with E-state index >= 15 is 0 Å². The highest BCUT2D eigenvalue weighted by atomic mass is 16.5. The first-order valence-corrected chi connectivity index (χ1v) is 7.78. The minimum atomic E-state index is 0.213. The van der Waals surface area contributed by atoms with Crippen LogP contribution in [-0.4, -0.2) is 24.3 Å². The Balaban J connectivity index is 1.53. The lowest BCUT2D eigenvalue weighted by molar-refractivity contribution is -0.100. The van der Waals surface area contributed by atoms with E-state index in [9.17, 15) is 0 Å². The molecule has 0 aromatic carbocycles. The third-order valence-corrected chi connectivity index (χ3v) is 4.77. The Labute approximate surface area is 105 Å². The molecule has 3 aliphatic carbocycles. The lowest BCUT2D eigenvalue weighted by atomic mass is 9.95. The zero-order valence-corrected chi connectivity index (χ0v) is 11.0. The summed E-state index contributed by atoms with van der Waals surface area (Å²) in [5.41, 5.74) is 0.213. The topological polar surface area (TPSA) is 21.3 Å². The van der Waals surface area contributed by atoms with Crippen LogP contribution in [0.25, 0.3) is 0 Å². The summed E-state index contributed by atoms with van der Waals surface area (Å²) in [4.78, 5) is 0. The molecule has 17 heavy (non-hydrogen) atoms. The van der Waals surface area contributed by atoms with Crippen molar-refractivity contribution in [1.82, 2.24) is 5.32 Å². The molecule has 3 aliphatic rings. The lowest BCUT2D eigenvalue weighted by Gasteiger charge is -2.36. The third kappa shape index (κ3) is 3.23. The molecule has 0 aromatic heterocycles. The van der Waals surface area contributed by atoms with Gasteiger partial charge in [-0.05, 0) is 38.5 Å². The van der Waals surface area contributed by atoms with Crippen LogP contribution >= 0.6 is 0 Å². The van der Waals surface area contributed by atoms with Crippen molar-refractivity contribution >= 4 is 0 Å². The van der Waals surface area contributed by atoms with Crippen molar-refractivity contribution in [2.24, 2.45) is 0 Å². The zero-order valence-electron chi connectivity index (χ0n) is 11.0. The fourth-order valence-corrected chi connectivity index (χ4v) is 3.51. The second kappa shape index (κ2) is 5.27. The van der Waals surface area contributed by atoms with Crippen molar-refractivity contribution in [3.63, 3.8) is 0 Å². The number of nitrogens with one attached hydrogen (secondary N) is 1. The predicted molar refractivity (Wildman–Crippen MR) is 70.2 cm³/mol. The Hall–Kier alpha value is -0.0800. The van der Waals surface area contributed by atoms with Gasteiger partial charge in [-0.1, -0.05) is 32.1 Å². The predicted octanol–water partition coefficient (Wildman–Crippen LogP) is 3.40. The summed E-state index contributed by atoms with van der Waals surface area (Å²) >= 11 is 0. The van der Waals surface area contributed by atoms with Crippen LogP contribution in [0.1, 0.15) is 70.6 Å². The van der Waals surface area contributed by atoms with Crippen LogP contribution in [0.3, 0.4) is 0 Å². The van der Waals surface area contributed by atoms with Gasteiger partial charge in [0, 0.05) is 12.6 Å². The molecule has 98 valence electrons. The summed E-state index contributed by atoms with van der Waals surface area (Å²) in [7, 11) is 0. The first-order chi connectivity index (χ1) is 8.36. The molecule has 3 fully saturated rings. The Bertz CT molecular complexity index is 237. The maximum atomic E-state index is 6.56. The maximum absolute atomic E-state index is 6.56. The SMILES string of the molecule is C1CCC(OC2(CNC3CC3)CCCC2)CC1. The van der Waals surface area contributed by atoms with E-state index in [1.165, 1.54) is 70.6 Å². The number of hydrogen-bond acceptors (Lipinski definition) is 2. The Morgan fingerprint density at radius 3 is 2.24 bits per heavy atom. The second-order valence-electron chi connectivity index (χ2n) is 6.42. The van der Waals surface area contributed by atoms with Gasteiger partial charge in [0.05, 0.1) is 11.7 Å². The third-order valence-electron chi connectivity index (χ3n) is 4.77. The van der Waals surface area contributed by atoms with Crippen LogP contribution in [-0.2, 0) is 4.74 Å². The number of ether oxygens (including phenoxy) is 1. The van der Waals surface area contributed by atoms with Crippen LogP contribution in [0.15, 0.2) is 0 Å². The molecule has 0 unspecified atom stereocenters. The van der Waals surface area contributed by atoms with Gasteiger partial charge < -0.3 is 10.1 Å². The fraction of sp³-hybridized carbons (Fsp3) is 1.00. The van der Waals surface area contributed by atoms with Crippen molar-refractivity contribution in [1.29, 1.82) is 0 Å². The van der Waals surface area contributed by atoms with Gasteiger partial charge in [-0.15, -0.1) is 0 Å². The molecule has 0 atom stereocenters. The summed E-state index contributed by atoms with van der Waals surface area (Å²) in [6.07, 6.45) is 15.5. The zero-order chi connectivity index (χ0) is 11.6. The van der Waals surface area contributed by atoms with Crippen molar-refractivity contribution in [2.45, 2.75) is 88.4 Å². The smallest absolute Gasteiger partial charge is 0.0810 e. The van der Waals surface area contributed by atoms with E-state index in [1.807, 2.05) is 0 Å². The highest BCUT2D eigenvalue weighted by Crippen LogP contribution is 2.37. The van der Waals surface area contributed by atoms with E-state index in [2.05, 4.69) is 5.32 Å². The van der Waals surface area contributed by atoms with E-state index in [1.54, 1.807) is 0 Å². The number of rotatable bonds is 5. The monoisotopic (exact) mass is 237 g/mol. The van der Waals surface area contributed by atoms with E-state index in [4.69, 9.17) is 4.74 Å². The molecular formula is C15H27NO. The normalized spacial score (nSPS) is 29.6. The standard InChI is InChI=1S/C15H27NO/c1-2-6-14(7-3-1)17-15(10-4-5-11-15)12-16-13-8-9-13/h13-14,16H,1-12H2. The maximum Gasteiger partial charge on any atom is 0.0810 e. The van der Waals surface area contributed by atoms with E-state index in [0.29, 0.717) is 6.10 Å². The first kappa shape index (κ1) is 12.0. The molecule has 3 saturated carbocycles. The van der Waals surface area contributed by atoms with Crippen molar-refractivity contribution in [3.8, 4) is 0 Å². The molecule has 2 nitrogen and oxygen atoms in total. The van der Waals surface area contributed by atoms with Crippen LogP contribution < -0.4 is 5.32 Å². The molecule has 2 heteroatoms. The summed E-state index contributed by atoms with van der Waals surface area (Å²) in [5, 5.41) is 3.70. The Morgan fingerprint density at radius 1 is 0.882 bits per heavy atom. The molecular weight excluding hydrogens is 210 g/mol. The quantitative estimate of drug-likeness (QED) is 0.791. The van der Waals surface area contributed by atoms with Gasteiger partial charge in [0.15, 0.2) is 0 Å². The summed E-state index contributed by atoms with van der Waals surface area (Å²) in [5.74, 6) is 0. The van der Waals surface area contributed by atoms with Gasteiger partial charge in [0.2, 0.25) is 0 Å². The van der Waals surface area contributed by atoms with Gasteiger partial charge in [-0.2, -0.15) is 0 Å². The second-order valence-corrected chi connectivity index (χ2v) is 6.42. The van der Waals surface area contributed by atoms with Gasteiger partial charge >= 0.3 is 0 Å². The fourth-order valence-electron chi connectivity index (χ4n) is 3.51. The summed E-state index contributed by atoms with van der Waals surface area (Å²) < 4.78 is 6.56. The van der Waals surface area contributed by atoms with Gasteiger partial charge in [-0.3, -0.25) is 0 Å². The summed E-state index contributed by atoms with van der Waals surface area (Å²) in [6, 6.07) is 0.822. The van der Waals surface area contributed by atoms with Crippen LogP contribution in [0, 0.1) is 0 Å². The van der Waals surface area contributed by atoms with E-state index in [0.717, 1.165) is 12.6 Å². The lowest BCUT2D eigenvalue weighted by Crippen LogP contribution is -2.44. The van der Waals surface area contributed by atoms with Crippen LogP contribution in [0.2, 0.25) is 0 Å². The van der Waals surface area contributed by atoms with Crippen LogP contribution in [0.4, 0.5) is 0 Å². The number of hydrogen-bond donors (Lipinski definition) is 1. The molecule has 0 heterocycles. The van der Waals surface area contributed by atoms with Crippen molar-refractivity contribution < 1.29 is 4.74 Å². The Kier molecular flexibility index (Phi) is 3.72. The summed E-state index contributed by atoms with van der Waals surface area (Å²) in [6.45, 7) is 1.12. The average Bonchev–Trinajstić information content (AvgIpc) is 3.09. The first-order valence-electron chi connectivity index (χ1n) is 7.78. The van der Waals surface area contributed by atoms with Gasteiger partial charge in [0.1, 0.15) is 0 Å². The minimum absolute atomic E-state index is 0.213. The molecule has 0 aromatic rings. The Morgan fingerprint density at radius 2 is 1.59 bits per heavy atom. The average molecular weight is 237 g/mol. The van der Waals surface area contributed by atoms with Crippen molar-refractivity contribution in [2.75, 3.05) is 6.54 Å².